The van der Waals surface area contributed by atoms with Gasteiger partial charge in [-0.3, -0.25) is 5.43 Å². The van der Waals surface area contributed by atoms with Crippen LogP contribution in [0.15, 0.2) is 29.3 Å². The molecule has 4 N–H and O–H groups in total. The number of rotatable bonds is 6. The Morgan fingerprint density at radius 3 is 2.89 bits per heavy atom. The minimum atomic E-state index is -0.267. The Hall–Kier alpha value is -1.66. The standard InChI is InChI=1S/C12H19FN4O/c1-18-8-4-7-15-12(17-14)16-9-10-5-2-3-6-11(10)13/h2-3,5-6H,4,7-9,14H2,1H3,(H2,15,16,17). The number of nitrogens with two attached hydrogens (primary N) is 1. The third kappa shape index (κ3) is 5.11. The molecule has 18 heavy (non-hydrogen) atoms. The van der Waals surface area contributed by atoms with Crippen LogP contribution in [0.5, 0.6) is 0 Å². The maximum Gasteiger partial charge on any atom is 0.206 e. The van der Waals surface area contributed by atoms with E-state index in [2.05, 4.69) is 15.7 Å². The number of hydrogen-bond acceptors (Lipinski definition) is 3. The first-order valence-electron chi connectivity index (χ1n) is 5.75. The average Bonchev–Trinajstić information content (AvgIpc) is 2.40. The van der Waals surface area contributed by atoms with E-state index in [1.165, 1.54) is 6.07 Å². The SMILES string of the molecule is COCCCNC(=NCc1ccccc1F)NN. The van der Waals surface area contributed by atoms with Crippen molar-refractivity contribution in [3.05, 3.63) is 35.6 Å². The van der Waals surface area contributed by atoms with Crippen molar-refractivity contribution in [2.45, 2.75) is 13.0 Å². The largest absolute Gasteiger partial charge is 0.385 e. The van der Waals surface area contributed by atoms with Gasteiger partial charge >= 0.3 is 0 Å². The van der Waals surface area contributed by atoms with Crippen LogP contribution in [0.1, 0.15) is 12.0 Å². The van der Waals surface area contributed by atoms with E-state index in [9.17, 15) is 4.39 Å². The van der Waals surface area contributed by atoms with Gasteiger partial charge < -0.3 is 10.1 Å². The van der Waals surface area contributed by atoms with Gasteiger partial charge in [0.15, 0.2) is 0 Å². The van der Waals surface area contributed by atoms with Crippen molar-refractivity contribution in [1.82, 2.24) is 10.7 Å². The van der Waals surface area contributed by atoms with Crippen LogP contribution in [-0.2, 0) is 11.3 Å². The average molecular weight is 254 g/mol. The predicted octanol–water partition coefficient (Wildman–Crippen LogP) is 0.771. The minimum absolute atomic E-state index is 0.240. The summed E-state index contributed by atoms with van der Waals surface area (Å²) in [5.41, 5.74) is 2.98. The summed E-state index contributed by atoms with van der Waals surface area (Å²) in [6.45, 7) is 1.59. The molecule has 0 saturated carbocycles. The number of methoxy groups -OCH3 is 1. The lowest BCUT2D eigenvalue weighted by atomic mass is 10.2. The topological polar surface area (TPSA) is 71.7 Å². The van der Waals surface area contributed by atoms with Crippen LogP contribution in [0.3, 0.4) is 0 Å². The Bertz CT molecular complexity index is 384. The summed E-state index contributed by atoms with van der Waals surface area (Å²) < 4.78 is 18.3. The van der Waals surface area contributed by atoms with Gasteiger partial charge in [0.1, 0.15) is 5.82 Å². The Labute approximate surface area is 106 Å². The maximum absolute atomic E-state index is 13.3. The molecule has 0 spiro atoms. The first-order chi connectivity index (χ1) is 8.77. The quantitative estimate of drug-likeness (QED) is 0.230. The highest BCUT2D eigenvalue weighted by atomic mass is 19.1. The fourth-order valence-corrected chi connectivity index (χ4v) is 1.37. The molecule has 1 rings (SSSR count). The molecular weight excluding hydrogens is 235 g/mol. The van der Waals surface area contributed by atoms with E-state index < -0.39 is 0 Å². The van der Waals surface area contributed by atoms with Gasteiger partial charge in [-0.2, -0.15) is 0 Å². The molecule has 0 fully saturated rings. The monoisotopic (exact) mass is 254 g/mol. The minimum Gasteiger partial charge on any atom is -0.385 e. The van der Waals surface area contributed by atoms with E-state index in [1.54, 1.807) is 25.3 Å². The number of aliphatic imine (C=N–C) groups is 1. The highest BCUT2D eigenvalue weighted by Crippen LogP contribution is 2.07. The second-order valence-corrected chi connectivity index (χ2v) is 3.67. The number of benzene rings is 1. The van der Waals surface area contributed by atoms with Gasteiger partial charge in [0.05, 0.1) is 6.54 Å². The van der Waals surface area contributed by atoms with Crippen molar-refractivity contribution in [1.29, 1.82) is 0 Å². The van der Waals surface area contributed by atoms with Crippen LogP contribution < -0.4 is 16.6 Å². The number of halogens is 1. The molecule has 0 heterocycles. The third-order valence-electron chi connectivity index (χ3n) is 2.32. The van der Waals surface area contributed by atoms with Crippen LogP contribution in [0.25, 0.3) is 0 Å². The normalized spacial score (nSPS) is 11.4. The number of hydrogen-bond donors (Lipinski definition) is 3. The third-order valence-corrected chi connectivity index (χ3v) is 2.32. The summed E-state index contributed by atoms with van der Waals surface area (Å²) in [6, 6.07) is 6.52. The molecule has 0 aliphatic heterocycles. The number of guanidine groups is 1. The van der Waals surface area contributed by atoms with Crippen molar-refractivity contribution in [2.75, 3.05) is 20.3 Å². The molecular formula is C12H19FN4O. The fraction of sp³-hybridized carbons (Fsp3) is 0.417. The van der Waals surface area contributed by atoms with Crippen LogP contribution in [0.4, 0.5) is 4.39 Å². The molecule has 0 bridgehead atoms. The molecule has 100 valence electrons. The first kappa shape index (κ1) is 14.4. The van der Waals surface area contributed by atoms with Crippen molar-refractivity contribution >= 4 is 5.96 Å². The number of nitrogens with one attached hydrogen (secondary N) is 2. The number of nitrogens with zero attached hydrogens (tertiary/aromatic N) is 1. The van der Waals surface area contributed by atoms with Crippen LogP contribution in [0.2, 0.25) is 0 Å². The fourth-order valence-electron chi connectivity index (χ4n) is 1.37. The lowest BCUT2D eigenvalue weighted by Gasteiger charge is -2.09. The molecule has 0 aromatic heterocycles. The Morgan fingerprint density at radius 2 is 2.22 bits per heavy atom. The highest BCUT2D eigenvalue weighted by Gasteiger charge is 2.00. The summed E-state index contributed by atoms with van der Waals surface area (Å²) in [5.74, 6) is 5.49. The van der Waals surface area contributed by atoms with Crippen LogP contribution in [0, 0.1) is 5.82 Å². The summed E-state index contributed by atoms with van der Waals surface area (Å²) in [5, 5.41) is 3.01. The molecule has 0 unspecified atom stereocenters. The Balaban J connectivity index is 2.45. The van der Waals surface area contributed by atoms with Crippen LogP contribution in [-0.4, -0.2) is 26.2 Å². The molecule has 0 aliphatic rings. The van der Waals surface area contributed by atoms with Crippen molar-refractivity contribution in [3.63, 3.8) is 0 Å². The highest BCUT2D eigenvalue weighted by molar-refractivity contribution is 5.79. The van der Waals surface area contributed by atoms with Gasteiger partial charge in [-0.1, -0.05) is 18.2 Å². The first-order valence-corrected chi connectivity index (χ1v) is 5.75. The zero-order valence-electron chi connectivity index (χ0n) is 10.4. The van der Waals surface area contributed by atoms with Crippen molar-refractivity contribution < 1.29 is 9.13 Å². The Morgan fingerprint density at radius 1 is 1.44 bits per heavy atom. The van der Waals surface area contributed by atoms with E-state index in [0.717, 1.165) is 6.42 Å². The molecule has 0 aliphatic carbocycles. The van der Waals surface area contributed by atoms with E-state index in [4.69, 9.17) is 10.6 Å². The molecule has 5 nitrogen and oxygen atoms in total. The van der Waals surface area contributed by atoms with Crippen molar-refractivity contribution in [2.24, 2.45) is 10.8 Å². The molecule has 1 aromatic carbocycles. The summed E-state index contributed by atoms with van der Waals surface area (Å²) in [4.78, 5) is 4.16. The molecule has 0 atom stereocenters. The lowest BCUT2D eigenvalue weighted by molar-refractivity contribution is 0.195. The van der Waals surface area contributed by atoms with Crippen molar-refractivity contribution in [3.8, 4) is 0 Å². The second-order valence-electron chi connectivity index (χ2n) is 3.67. The van der Waals surface area contributed by atoms with E-state index in [0.29, 0.717) is 24.7 Å². The Kier molecular flexibility index (Phi) is 6.75. The lowest BCUT2D eigenvalue weighted by Crippen LogP contribution is -2.42. The van der Waals surface area contributed by atoms with Gasteiger partial charge in [-0.05, 0) is 12.5 Å². The number of hydrazine groups is 1. The zero-order chi connectivity index (χ0) is 13.2. The van der Waals surface area contributed by atoms with Gasteiger partial charge in [0, 0.05) is 25.8 Å². The van der Waals surface area contributed by atoms with E-state index in [1.807, 2.05) is 0 Å². The molecule has 0 saturated heterocycles. The van der Waals surface area contributed by atoms with Crippen LogP contribution >= 0.6 is 0 Å². The molecule has 0 amide bonds. The predicted molar refractivity (Wildman–Crippen MR) is 69.4 cm³/mol. The van der Waals surface area contributed by atoms with Gasteiger partial charge in [-0.25, -0.2) is 15.2 Å². The zero-order valence-corrected chi connectivity index (χ0v) is 10.4. The summed E-state index contributed by atoms with van der Waals surface area (Å²) in [7, 11) is 1.65. The summed E-state index contributed by atoms with van der Waals surface area (Å²) in [6.07, 6.45) is 0.844. The van der Waals surface area contributed by atoms with Gasteiger partial charge in [0.2, 0.25) is 5.96 Å². The molecule has 0 radical (unpaired) electrons. The maximum atomic E-state index is 13.3. The van der Waals surface area contributed by atoms with E-state index >= 15 is 0 Å². The number of ether oxygens (including phenoxy) is 1. The second kappa shape index (κ2) is 8.43. The van der Waals surface area contributed by atoms with Gasteiger partial charge in [-0.15, -0.1) is 0 Å². The molecule has 1 aromatic rings. The summed E-state index contributed by atoms with van der Waals surface area (Å²) >= 11 is 0. The van der Waals surface area contributed by atoms with Gasteiger partial charge in [0.25, 0.3) is 0 Å². The molecule has 6 heteroatoms. The smallest absolute Gasteiger partial charge is 0.206 e. The van der Waals surface area contributed by atoms with E-state index in [-0.39, 0.29) is 12.4 Å².